The van der Waals surface area contributed by atoms with Crippen LogP contribution in [0.3, 0.4) is 0 Å². The van der Waals surface area contributed by atoms with E-state index in [0.29, 0.717) is 6.54 Å². The average molecular weight is 364 g/mol. The van der Waals surface area contributed by atoms with Gasteiger partial charge in [-0.1, -0.05) is 35.5 Å². The van der Waals surface area contributed by atoms with Gasteiger partial charge in [0, 0.05) is 35.0 Å². The topological polar surface area (TPSA) is 27.4 Å². The second-order valence-corrected chi connectivity index (χ2v) is 7.55. The van der Waals surface area contributed by atoms with E-state index in [2.05, 4.69) is 84.0 Å². The number of hydrogen-bond donors (Lipinski definition) is 1. The van der Waals surface area contributed by atoms with Gasteiger partial charge >= 0.3 is 0 Å². The van der Waals surface area contributed by atoms with Crippen LogP contribution in [0.2, 0.25) is 0 Å². The highest BCUT2D eigenvalue weighted by Gasteiger charge is 2.25. The van der Waals surface area contributed by atoms with Crippen molar-refractivity contribution in [2.45, 2.75) is 25.3 Å². The Bertz CT molecular complexity index is 997. The number of fused-ring (bicyclic) bond motifs is 2. The molecule has 3 nitrogen and oxygen atoms in total. The van der Waals surface area contributed by atoms with Crippen molar-refractivity contribution in [3.05, 3.63) is 70.9 Å². The lowest BCUT2D eigenvalue weighted by Gasteiger charge is -2.17. The van der Waals surface area contributed by atoms with Gasteiger partial charge in [-0.2, -0.15) is 4.57 Å². The highest BCUT2D eigenvalue weighted by atomic mass is 32.2. The third-order valence-corrected chi connectivity index (χ3v) is 5.88. The molecular weight excluding hydrogens is 340 g/mol. The Labute approximate surface area is 158 Å². The molecule has 0 spiro atoms. The minimum Gasteiger partial charge on any atom is -0.390 e. The second kappa shape index (κ2) is 7.14. The number of aryl methyl sites for hydroxylation is 1. The maximum Gasteiger partial charge on any atom is 0.213 e. The van der Waals surface area contributed by atoms with Gasteiger partial charge in [-0.05, 0) is 38.1 Å². The van der Waals surface area contributed by atoms with Crippen LogP contribution in [0.1, 0.15) is 18.2 Å². The van der Waals surface area contributed by atoms with Gasteiger partial charge in [0.1, 0.15) is 6.61 Å². The molecule has 0 unspecified atom stereocenters. The Morgan fingerprint density at radius 1 is 1.12 bits per heavy atom. The lowest BCUT2D eigenvalue weighted by atomic mass is 10.1. The molecule has 0 bridgehead atoms. The van der Waals surface area contributed by atoms with Gasteiger partial charge in [0.2, 0.25) is 11.2 Å². The summed E-state index contributed by atoms with van der Waals surface area (Å²) < 4.78 is 2.21. The lowest BCUT2D eigenvalue weighted by molar-refractivity contribution is -0.674. The molecule has 4 rings (SSSR count). The Kier molecular flexibility index (Phi) is 4.70. The third kappa shape index (κ3) is 3.00. The normalized spacial score (nSPS) is 15.0. The second-order valence-electron chi connectivity index (χ2n) is 6.49. The molecule has 0 saturated carbocycles. The summed E-state index contributed by atoms with van der Waals surface area (Å²) >= 11 is 1.81. The molecule has 3 aromatic rings. The standard InChI is InChI=1S/C22H23N2OS/c1-3-23-20-6-4-5-7-21(20)26-22(23)15-18-10-9-17-14-16(2)8-11-19(17)24(18)12-13-25/h4-11,14-15,25H,3,12-13H2,1-2H3/q+1. The summed E-state index contributed by atoms with van der Waals surface area (Å²) in [6, 6.07) is 19.3. The zero-order chi connectivity index (χ0) is 18.1. The zero-order valence-electron chi connectivity index (χ0n) is 15.1. The zero-order valence-corrected chi connectivity index (χ0v) is 16.0. The van der Waals surface area contributed by atoms with Crippen LogP contribution < -0.4 is 9.47 Å². The van der Waals surface area contributed by atoms with Crippen molar-refractivity contribution in [3.63, 3.8) is 0 Å². The minimum atomic E-state index is 0.124. The number of aliphatic hydroxyl groups is 1. The first-order valence-electron chi connectivity index (χ1n) is 9.01. The number of thioether (sulfide) groups is 1. The maximum atomic E-state index is 9.60. The van der Waals surface area contributed by atoms with Crippen molar-refractivity contribution < 1.29 is 9.67 Å². The van der Waals surface area contributed by atoms with E-state index in [1.807, 2.05) is 11.8 Å². The molecule has 1 aromatic heterocycles. The fourth-order valence-electron chi connectivity index (χ4n) is 3.55. The molecule has 0 saturated heterocycles. The van der Waals surface area contributed by atoms with E-state index in [0.717, 1.165) is 17.8 Å². The smallest absolute Gasteiger partial charge is 0.213 e. The molecule has 4 heteroatoms. The lowest BCUT2D eigenvalue weighted by Crippen LogP contribution is -2.39. The quantitative estimate of drug-likeness (QED) is 0.698. The molecule has 132 valence electrons. The van der Waals surface area contributed by atoms with Crippen LogP contribution in [0.5, 0.6) is 0 Å². The van der Waals surface area contributed by atoms with E-state index >= 15 is 0 Å². The van der Waals surface area contributed by atoms with Crippen LogP contribution in [-0.4, -0.2) is 18.3 Å². The van der Waals surface area contributed by atoms with Crippen LogP contribution >= 0.6 is 11.8 Å². The minimum absolute atomic E-state index is 0.124. The molecule has 0 atom stereocenters. The largest absolute Gasteiger partial charge is 0.390 e. The van der Waals surface area contributed by atoms with Crippen molar-refractivity contribution in [3.8, 4) is 0 Å². The van der Waals surface area contributed by atoms with E-state index in [1.165, 1.54) is 26.6 Å². The molecule has 26 heavy (non-hydrogen) atoms. The van der Waals surface area contributed by atoms with E-state index in [9.17, 15) is 5.11 Å². The van der Waals surface area contributed by atoms with Gasteiger partial charge in [-0.15, -0.1) is 0 Å². The number of nitrogens with zero attached hydrogens (tertiary/aromatic N) is 2. The Morgan fingerprint density at radius 2 is 1.96 bits per heavy atom. The maximum absolute atomic E-state index is 9.60. The number of benzene rings is 2. The number of pyridine rings is 1. The molecule has 0 radical (unpaired) electrons. The predicted molar refractivity (Wildman–Crippen MR) is 109 cm³/mol. The highest BCUT2D eigenvalue weighted by molar-refractivity contribution is 8.03. The van der Waals surface area contributed by atoms with Gasteiger partial charge in [0.05, 0.1) is 10.7 Å². The van der Waals surface area contributed by atoms with Crippen LogP contribution in [0, 0.1) is 6.92 Å². The van der Waals surface area contributed by atoms with Crippen molar-refractivity contribution in [1.29, 1.82) is 0 Å². The van der Waals surface area contributed by atoms with Gasteiger partial charge in [0.25, 0.3) is 0 Å². The van der Waals surface area contributed by atoms with Crippen molar-refractivity contribution >= 4 is 34.4 Å². The number of anilines is 1. The summed E-state index contributed by atoms with van der Waals surface area (Å²) in [5, 5.41) is 12.0. The molecule has 1 N–H and O–H groups in total. The molecule has 2 heterocycles. The summed E-state index contributed by atoms with van der Waals surface area (Å²) in [6.07, 6.45) is 2.24. The Hall–Kier alpha value is -2.30. The number of aliphatic hydroxyl groups excluding tert-OH is 1. The first-order valence-corrected chi connectivity index (χ1v) is 9.83. The molecule has 0 fully saturated rings. The van der Waals surface area contributed by atoms with Gasteiger partial charge < -0.3 is 10.0 Å². The van der Waals surface area contributed by atoms with Crippen LogP contribution in [-0.2, 0) is 6.54 Å². The summed E-state index contributed by atoms with van der Waals surface area (Å²) in [4.78, 5) is 3.65. The summed E-state index contributed by atoms with van der Waals surface area (Å²) in [5.74, 6) is 0. The third-order valence-electron chi connectivity index (χ3n) is 4.77. The fourth-order valence-corrected chi connectivity index (χ4v) is 4.72. The number of rotatable bonds is 4. The Morgan fingerprint density at radius 3 is 2.77 bits per heavy atom. The summed E-state index contributed by atoms with van der Waals surface area (Å²) in [6.45, 7) is 5.93. The molecular formula is C22H23N2OS+. The fraction of sp³-hybridized carbons (Fsp3) is 0.227. The van der Waals surface area contributed by atoms with Crippen LogP contribution in [0.4, 0.5) is 5.69 Å². The van der Waals surface area contributed by atoms with Gasteiger partial charge in [-0.25, -0.2) is 0 Å². The first kappa shape index (κ1) is 17.1. The highest BCUT2D eigenvalue weighted by Crippen LogP contribution is 2.46. The van der Waals surface area contributed by atoms with E-state index in [1.54, 1.807) is 0 Å². The summed E-state index contributed by atoms with van der Waals surface area (Å²) in [5.41, 5.74) is 4.79. The molecule has 1 aliphatic rings. The summed E-state index contributed by atoms with van der Waals surface area (Å²) in [7, 11) is 0. The average Bonchev–Trinajstić information content (AvgIpc) is 3.00. The predicted octanol–water partition coefficient (Wildman–Crippen LogP) is 4.36. The number of para-hydroxylation sites is 1. The Balaban J connectivity index is 1.83. The van der Waals surface area contributed by atoms with Crippen molar-refractivity contribution in [1.82, 2.24) is 0 Å². The van der Waals surface area contributed by atoms with E-state index in [4.69, 9.17) is 0 Å². The van der Waals surface area contributed by atoms with Crippen LogP contribution in [0.15, 0.2) is 64.5 Å². The monoisotopic (exact) mass is 363 g/mol. The first-order chi connectivity index (χ1) is 12.7. The van der Waals surface area contributed by atoms with E-state index < -0.39 is 0 Å². The van der Waals surface area contributed by atoms with E-state index in [-0.39, 0.29) is 6.61 Å². The molecule has 2 aromatic carbocycles. The van der Waals surface area contributed by atoms with Gasteiger partial charge in [-0.3, -0.25) is 0 Å². The van der Waals surface area contributed by atoms with Crippen molar-refractivity contribution in [2.24, 2.45) is 0 Å². The van der Waals surface area contributed by atoms with Gasteiger partial charge in [0.15, 0.2) is 6.54 Å². The SMILES string of the molecule is CCN1/C(=C/c2ccc3cc(C)ccc3[n+]2CCO)Sc2ccccc21. The number of aromatic nitrogens is 1. The molecule has 0 amide bonds. The van der Waals surface area contributed by atoms with Crippen molar-refractivity contribution in [2.75, 3.05) is 18.1 Å². The number of hydrogen-bond acceptors (Lipinski definition) is 3. The van der Waals surface area contributed by atoms with Crippen LogP contribution in [0.25, 0.3) is 17.0 Å². The molecule has 1 aliphatic heterocycles. The molecule has 0 aliphatic carbocycles.